The molecule has 6 heteroatoms. The highest BCUT2D eigenvalue weighted by Crippen LogP contribution is 2.36. The minimum atomic E-state index is -0.435. The molecule has 5 nitrogen and oxygen atoms in total. The molecule has 0 bridgehead atoms. The zero-order valence-corrected chi connectivity index (χ0v) is 18.0. The molecule has 0 aliphatic rings. The quantitative estimate of drug-likeness (QED) is 0.354. The molecular formula is C24H25NO4S. The lowest BCUT2D eigenvalue weighted by atomic mass is 10.0. The van der Waals surface area contributed by atoms with Crippen molar-refractivity contribution in [2.45, 2.75) is 26.7 Å². The molecule has 0 aliphatic carbocycles. The number of esters is 1. The highest BCUT2D eigenvalue weighted by atomic mass is 32.1. The first-order valence-electron chi connectivity index (χ1n) is 9.92. The highest BCUT2D eigenvalue weighted by molar-refractivity contribution is 7.15. The van der Waals surface area contributed by atoms with Gasteiger partial charge in [0, 0.05) is 17.4 Å². The van der Waals surface area contributed by atoms with E-state index in [9.17, 15) is 9.59 Å². The van der Waals surface area contributed by atoms with Gasteiger partial charge in [0.25, 0.3) is 0 Å². The smallest absolute Gasteiger partial charge is 0.341 e. The van der Waals surface area contributed by atoms with E-state index in [1.54, 1.807) is 6.92 Å². The van der Waals surface area contributed by atoms with Crippen LogP contribution in [-0.2, 0) is 9.53 Å². The molecule has 1 N–H and O–H groups in total. The summed E-state index contributed by atoms with van der Waals surface area (Å²) in [6, 6.07) is 17.4. The van der Waals surface area contributed by atoms with Crippen LogP contribution < -0.4 is 10.1 Å². The van der Waals surface area contributed by atoms with Crippen molar-refractivity contribution in [2.75, 3.05) is 18.5 Å². The van der Waals surface area contributed by atoms with Crippen LogP contribution in [0.1, 0.15) is 35.7 Å². The summed E-state index contributed by atoms with van der Waals surface area (Å²) >= 11 is 1.33. The molecule has 0 fully saturated rings. The van der Waals surface area contributed by atoms with Crippen LogP contribution in [0.2, 0.25) is 0 Å². The van der Waals surface area contributed by atoms with Crippen LogP contribution in [0.25, 0.3) is 11.1 Å². The summed E-state index contributed by atoms with van der Waals surface area (Å²) in [5.41, 5.74) is 3.20. The van der Waals surface area contributed by atoms with Crippen LogP contribution >= 0.6 is 11.3 Å². The van der Waals surface area contributed by atoms with Crippen LogP contribution in [0.15, 0.2) is 60.0 Å². The van der Waals surface area contributed by atoms with Gasteiger partial charge in [-0.3, -0.25) is 4.79 Å². The van der Waals surface area contributed by atoms with Gasteiger partial charge in [-0.15, -0.1) is 11.3 Å². The van der Waals surface area contributed by atoms with Gasteiger partial charge in [0.2, 0.25) is 5.91 Å². The van der Waals surface area contributed by atoms with E-state index in [0.717, 1.165) is 22.4 Å². The van der Waals surface area contributed by atoms with Crippen molar-refractivity contribution in [1.29, 1.82) is 0 Å². The number of thiophene rings is 1. The molecule has 0 atom stereocenters. The Hall–Kier alpha value is -3.12. The van der Waals surface area contributed by atoms with E-state index >= 15 is 0 Å². The number of ether oxygens (including phenoxy) is 2. The second-order valence-electron chi connectivity index (χ2n) is 6.76. The van der Waals surface area contributed by atoms with Crippen LogP contribution in [0, 0.1) is 6.92 Å². The number of nitrogens with one attached hydrogen (secondary N) is 1. The normalized spacial score (nSPS) is 10.5. The fraction of sp³-hybridized carbons (Fsp3) is 0.250. The van der Waals surface area contributed by atoms with E-state index in [0.29, 0.717) is 30.0 Å². The molecule has 1 heterocycles. The topological polar surface area (TPSA) is 64.6 Å². The summed E-state index contributed by atoms with van der Waals surface area (Å²) in [6.45, 7) is 4.49. The number of hydrogen-bond acceptors (Lipinski definition) is 5. The second kappa shape index (κ2) is 10.6. The van der Waals surface area contributed by atoms with E-state index in [1.807, 2.05) is 66.9 Å². The van der Waals surface area contributed by atoms with Gasteiger partial charge in [-0.2, -0.15) is 0 Å². The maximum absolute atomic E-state index is 12.6. The first-order valence-corrected chi connectivity index (χ1v) is 10.8. The first-order chi connectivity index (χ1) is 14.6. The number of hydrogen-bond donors (Lipinski definition) is 1. The Labute approximate surface area is 180 Å². The summed E-state index contributed by atoms with van der Waals surface area (Å²) in [5, 5.41) is 5.26. The zero-order chi connectivity index (χ0) is 21.3. The van der Waals surface area contributed by atoms with Crippen molar-refractivity contribution < 1.29 is 19.1 Å². The molecule has 0 aliphatic heterocycles. The van der Waals surface area contributed by atoms with Gasteiger partial charge in [0.1, 0.15) is 16.3 Å². The summed E-state index contributed by atoms with van der Waals surface area (Å²) in [6.07, 6.45) is 0.873. The molecule has 1 amide bonds. The summed E-state index contributed by atoms with van der Waals surface area (Å²) in [5.74, 6) is 0.205. The summed E-state index contributed by atoms with van der Waals surface area (Å²) in [4.78, 5) is 25.0. The van der Waals surface area contributed by atoms with E-state index < -0.39 is 5.97 Å². The Morgan fingerprint density at radius 1 is 1.07 bits per heavy atom. The zero-order valence-electron chi connectivity index (χ0n) is 17.1. The third-order valence-corrected chi connectivity index (χ3v) is 5.31. The van der Waals surface area contributed by atoms with Gasteiger partial charge >= 0.3 is 5.97 Å². The number of rotatable bonds is 9. The van der Waals surface area contributed by atoms with Crippen LogP contribution in [0.5, 0.6) is 5.75 Å². The van der Waals surface area contributed by atoms with Crippen LogP contribution in [0.3, 0.4) is 0 Å². The van der Waals surface area contributed by atoms with Gasteiger partial charge in [-0.25, -0.2) is 4.79 Å². The Balaban J connectivity index is 1.63. The number of aryl methyl sites for hydroxylation is 1. The average molecular weight is 424 g/mol. The lowest BCUT2D eigenvalue weighted by Crippen LogP contribution is -2.15. The van der Waals surface area contributed by atoms with Gasteiger partial charge in [-0.1, -0.05) is 42.5 Å². The van der Waals surface area contributed by atoms with Crippen molar-refractivity contribution in [2.24, 2.45) is 0 Å². The second-order valence-corrected chi connectivity index (χ2v) is 7.64. The Kier molecular flexibility index (Phi) is 7.63. The Morgan fingerprint density at radius 2 is 1.87 bits per heavy atom. The summed E-state index contributed by atoms with van der Waals surface area (Å²) in [7, 11) is 0. The van der Waals surface area contributed by atoms with Crippen molar-refractivity contribution >= 4 is 28.2 Å². The SMILES string of the molecule is CCOC(=O)c1c(-c2ccccc2)csc1NC(=O)CCCOc1cccc(C)c1. The van der Waals surface area contributed by atoms with E-state index in [2.05, 4.69) is 5.32 Å². The molecule has 3 aromatic rings. The molecule has 3 rings (SSSR count). The average Bonchev–Trinajstić information content (AvgIpc) is 3.15. The molecule has 1 aromatic heterocycles. The molecule has 0 unspecified atom stereocenters. The van der Waals surface area contributed by atoms with Crippen LogP contribution in [0.4, 0.5) is 5.00 Å². The van der Waals surface area contributed by atoms with E-state index in [1.165, 1.54) is 11.3 Å². The molecule has 0 saturated carbocycles. The molecule has 30 heavy (non-hydrogen) atoms. The van der Waals surface area contributed by atoms with Gasteiger partial charge in [0.15, 0.2) is 0 Å². The first kappa shape index (κ1) is 21.6. The van der Waals surface area contributed by atoms with Crippen LogP contribution in [-0.4, -0.2) is 25.1 Å². The van der Waals surface area contributed by atoms with Crippen molar-refractivity contribution in [3.05, 3.63) is 71.1 Å². The monoisotopic (exact) mass is 423 g/mol. The number of amides is 1. The van der Waals surface area contributed by atoms with Gasteiger partial charge < -0.3 is 14.8 Å². The van der Waals surface area contributed by atoms with Crippen molar-refractivity contribution in [3.8, 4) is 16.9 Å². The predicted molar refractivity (Wildman–Crippen MR) is 120 cm³/mol. The van der Waals surface area contributed by atoms with E-state index in [-0.39, 0.29) is 12.5 Å². The minimum Gasteiger partial charge on any atom is -0.494 e. The Morgan fingerprint density at radius 3 is 2.60 bits per heavy atom. The fourth-order valence-corrected chi connectivity index (χ4v) is 3.98. The summed E-state index contributed by atoms with van der Waals surface area (Å²) < 4.78 is 10.9. The number of carbonyl (C=O) groups excluding carboxylic acids is 2. The molecule has 156 valence electrons. The fourth-order valence-electron chi connectivity index (χ4n) is 3.00. The third kappa shape index (κ3) is 5.70. The highest BCUT2D eigenvalue weighted by Gasteiger charge is 2.22. The Bertz CT molecular complexity index is 997. The largest absolute Gasteiger partial charge is 0.494 e. The number of benzene rings is 2. The van der Waals surface area contributed by atoms with Gasteiger partial charge in [0.05, 0.1) is 13.2 Å². The van der Waals surface area contributed by atoms with Gasteiger partial charge in [-0.05, 0) is 43.5 Å². The molecule has 0 radical (unpaired) electrons. The minimum absolute atomic E-state index is 0.158. The standard InChI is InChI=1S/C24H25NO4S/c1-3-28-24(27)22-20(18-10-5-4-6-11-18)16-30-23(22)25-21(26)13-8-14-29-19-12-7-9-17(2)15-19/h4-7,9-12,15-16H,3,8,13-14H2,1-2H3,(H,25,26). The molecule has 0 saturated heterocycles. The predicted octanol–water partition coefficient (Wildman–Crippen LogP) is 5.70. The maximum Gasteiger partial charge on any atom is 0.341 e. The maximum atomic E-state index is 12.6. The third-order valence-electron chi connectivity index (χ3n) is 4.41. The number of anilines is 1. The van der Waals surface area contributed by atoms with E-state index in [4.69, 9.17) is 9.47 Å². The number of carbonyl (C=O) groups is 2. The molecular weight excluding hydrogens is 398 g/mol. The lowest BCUT2D eigenvalue weighted by Gasteiger charge is -2.09. The van der Waals surface area contributed by atoms with Crippen molar-refractivity contribution in [1.82, 2.24) is 0 Å². The molecule has 2 aromatic carbocycles. The van der Waals surface area contributed by atoms with Crippen molar-refractivity contribution in [3.63, 3.8) is 0 Å². The lowest BCUT2D eigenvalue weighted by molar-refractivity contribution is -0.116. The molecule has 0 spiro atoms.